The minimum absolute atomic E-state index is 0.122. The third-order valence-electron chi connectivity index (χ3n) is 1.82. The molecule has 0 aromatic carbocycles. The lowest BCUT2D eigenvalue weighted by Gasteiger charge is -2.17. The molecule has 0 heterocycles. The highest BCUT2D eigenvalue weighted by atomic mass is 16.5. The second kappa shape index (κ2) is 4.45. The number of carbonyl (C=O) groups is 1. The van der Waals surface area contributed by atoms with Crippen molar-refractivity contribution >= 4 is 5.78 Å². The van der Waals surface area contributed by atoms with Gasteiger partial charge in [-0.2, -0.15) is 0 Å². The van der Waals surface area contributed by atoms with Gasteiger partial charge in [0, 0.05) is 7.11 Å². The summed E-state index contributed by atoms with van der Waals surface area (Å²) in [5.74, 6) is 0.458. The number of ether oxygens (including phenoxy) is 1. The van der Waals surface area contributed by atoms with Crippen molar-refractivity contribution in [3.8, 4) is 0 Å². The van der Waals surface area contributed by atoms with E-state index in [9.17, 15) is 4.79 Å². The first-order chi connectivity index (χ1) is 4.63. The number of ketones is 1. The van der Waals surface area contributed by atoms with E-state index in [0.29, 0.717) is 5.92 Å². The monoisotopic (exact) mass is 144 g/mol. The predicted octanol–water partition coefficient (Wildman–Crippen LogP) is 1.64. The Hall–Kier alpha value is -0.370. The molecular formula is C8H16O2. The van der Waals surface area contributed by atoms with Crippen LogP contribution in [0.4, 0.5) is 0 Å². The Labute approximate surface area is 62.6 Å². The molecule has 0 aliphatic rings. The number of carbonyl (C=O) groups excluding carboxylic acids is 1. The van der Waals surface area contributed by atoms with Gasteiger partial charge in [0.15, 0.2) is 5.78 Å². The SMILES string of the molecule is CCC(C)C(OC)C(C)=O. The fourth-order valence-electron chi connectivity index (χ4n) is 1.01. The molecule has 60 valence electrons. The van der Waals surface area contributed by atoms with Crippen LogP contribution in [-0.4, -0.2) is 19.0 Å². The second-order valence-electron chi connectivity index (χ2n) is 2.65. The molecule has 10 heavy (non-hydrogen) atoms. The van der Waals surface area contributed by atoms with Crippen LogP contribution in [0.1, 0.15) is 27.2 Å². The van der Waals surface area contributed by atoms with Crippen LogP contribution in [0.25, 0.3) is 0 Å². The summed E-state index contributed by atoms with van der Waals surface area (Å²) < 4.78 is 5.01. The average Bonchev–Trinajstić information content (AvgIpc) is 1.88. The molecule has 0 saturated heterocycles. The molecule has 0 bridgehead atoms. The molecule has 0 radical (unpaired) electrons. The van der Waals surface area contributed by atoms with E-state index in [4.69, 9.17) is 4.74 Å². The van der Waals surface area contributed by atoms with Crippen molar-refractivity contribution < 1.29 is 9.53 Å². The second-order valence-corrected chi connectivity index (χ2v) is 2.65. The molecule has 2 unspecified atom stereocenters. The Morgan fingerprint density at radius 2 is 2.10 bits per heavy atom. The molecule has 0 amide bonds. The summed E-state index contributed by atoms with van der Waals surface area (Å²) in [5, 5.41) is 0. The van der Waals surface area contributed by atoms with E-state index >= 15 is 0 Å². The van der Waals surface area contributed by atoms with Gasteiger partial charge in [-0.15, -0.1) is 0 Å². The van der Waals surface area contributed by atoms with Crippen LogP contribution in [0, 0.1) is 5.92 Å². The molecular weight excluding hydrogens is 128 g/mol. The van der Waals surface area contributed by atoms with Gasteiger partial charge in [0.25, 0.3) is 0 Å². The normalized spacial score (nSPS) is 16.4. The van der Waals surface area contributed by atoms with Crippen molar-refractivity contribution in [2.75, 3.05) is 7.11 Å². The highest BCUT2D eigenvalue weighted by Crippen LogP contribution is 2.10. The number of hydrogen-bond acceptors (Lipinski definition) is 2. The van der Waals surface area contributed by atoms with Gasteiger partial charge in [0.2, 0.25) is 0 Å². The quantitative estimate of drug-likeness (QED) is 0.599. The molecule has 0 spiro atoms. The first-order valence-electron chi connectivity index (χ1n) is 3.66. The van der Waals surface area contributed by atoms with Gasteiger partial charge in [-0.05, 0) is 12.8 Å². The minimum Gasteiger partial charge on any atom is -0.373 e. The summed E-state index contributed by atoms with van der Waals surface area (Å²) in [6.45, 7) is 5.65. The van der Waals surface area contributed by atoms with Crippen molar-refractivity contribution in [1.29, 1.82) is 0 Å². The number of rotatable bonds is 4. The van der Waals surface area contributed by atoms with Gasteiger partial charge in [0.1, 0.15) is 6.10 Å². The maximum absolute atomic E-state index is 10.9. The fraction of sp³-hybridized carbons (Fsp3) is 0.875. The molecule has 0 saturated carbocycles. The standard InChI is InChI=1S/C8H16O2/c1-5-6(2)8(10-4)7(3)9/h6,8H,5H2,1-4H3. The highest BCUT2D eigenvalue weighted by Gasteiger charge is 2.18. The number of methoxy groups -OCH3 is 1. The smallest absolute Gasteiger partial charge is 0.158 e. The highest BCUT2D eigenvalue weighted by molar-refractivity contribution is 5.80. The average molecular weight is 144 g/mol. The van der Waals surface area contributed by atoms with E-state index in [1.807, 2.05) is 6.92 Å². The van der Waals surface area contributed by atoms with E-state index in [-0.39, 0.29) is 11.9 Å². The van der Waals surface area contributed by atoms with Gasteiger partial charge in [-0.3, -0.25) is 4.79 Å². The predicted molar refractivity (Wildman–Crippen MR) is 40.9 cm³/mol. The molecule has 0 fully saturated rings. The summed E-state index contributed by atoms with van der Waals surface area (Å²) in [5.41, 5.74) is 0. The van der Waals surface area contributed by atoms with Crippen molar-refractivity contribution in [3.63, 3.8) is 0 Å². The van der Waals surface area contributed by atoms with Gasteiger partial charge in [0.05, 0.1) is 0 Å². The third kappa shape index (κ3) is 2.48. The Bertz CT molecular complexity index is 110. The van der Waals surface area contributed by atoms with Crippen molar-refractivity contribution in [2.24, 2.45) is 5.92 Å². The van der Waals surface area contributed by atoms with E-state index in [1.54, 1.807) is 14.0 Å². The topological polar surface area (TPSA) is 26.3 Å². The molecule has 0 rings (SSSR count). The Morgan fingerprint density at radius 3 is 2.20 bits per heavy atom. The molecule has 0 aromatic heterocycles. The maximum Gasteiger partial charge on any atom is 0.158 e. The third-order valence-corrected chi connectivity index (χ3v) is 1.82. The molecule has 2 heteroatoms. The van der Waals surface area contributed by atoms with E-state index in [2.05, 4.69) is 6.92 Å². The molecule has 2 nitrogen and oxygen atoms in total. The maximum atomic E-state index is 10.9. The summed E-state index contributed by atoms with van der Waals surface area (Å²) >= 11 is 0. The number of Topliss-reactive ketones (excluding diaryl/α,β-unsaturated/α-hetero) is 1. The van der Waals surface area contributed by atoms with Crippen LogP contribution in [0.3, 0.4) is 0 Å². The van der Waals surface area contributed by atoms with Gasteiger partial charge in [-0.25, -0.2) is 0 Å². The van der Waals surface area contributed by atoms with E-state index in [1.165, 1.54) is 0 Å². The zero-order valence-corrected chi connectivity index (χ0v) is 7.18. The number of hydrogen-bond donors (Lipinski definition) is 0. The minimum atomic E-state index is -0.204. The van der Waals surface area contributed by atoms with Gasteiger partial charge in [-0.1, -0.05) is 20.3 Å². The van der Waals surface area contributed by atoms with Crippen LogP contribution < -0.4 is 0 Å². The Morgan fingerprint density at radius 1 is 1.60 bits per heavy atom. The van der Waals surface area contributed by atoms with E-state index < -0.39 is 0 Å². The summed E-state index contributed by atoms with van der Waals surface area (Å²) in [7, 11) is 1.58. The van der Waals surface area contributed by atoms with Gasteiger partial charge >= 0.3 is 0 Å². The Balaban J connectivity index is 3.92. The Kier molecular flexibility index (Phi) is 4.28. The van der Waals surface area contributed by atoms with Crippen molar-refractivity contribution in [3.05, 3.63) is 0 Å². The van der Waals surface area contributed by atoms with Crippen LogP contribution in [0.15, 0.2) is 0 Å². The molecule has 2 atom stereocenters. The molecule has 0 aliphatic heterocycles. The first kappa shape index (κ1) is 9.63. The first-order valence-corrected chi connectivity index (χ1v) is 3.66. The molecule has 0 N–H and O–H groups in total. The van der Waals surface area contributed by atoms with Crippen LogP contribution in [0.5, 0.6) is 0 Å². The summed E-state index contributed by atoms with van der Waals surface area (Å²) in [6.07, 6.45) is 0.781. The summed E-state index contributed by atoms with van der Waals surface area (Å²) in [6, 6.07) is 0. The summed E-state index contributed by atoms with van der Waals surface area (Å²) in [4.78, 5) is 10.9. The van der Waals surface area contributed by atoms with Crippen molar-refractivity contribution in [2.45, 2.75) is 33.3 Å². The fourth-order valence-corrected chi connectivity index (χ4v) is 1.01. The van der Waals surface area contributed by atoms with Crippen LogP contribution in [-0.2, 0) is 9.53 Å². The lowest BCUT2D eigenvalue weighted by atomic mass is 9.99. The largest absolute Gasteiger partial charge is 0.373 e. The zero-order valence-electron chi connectivity index (χ0n) is 7.18. The van der Waals surface area contributed by atoms with Crippen LogP contribution in [0.2, 0.25) is 0 Å². The van der Waals surface area contributed by atoms with E-state index in [0.717, 1.165) is 6.42 Å². The molecule has 0 aliphatic carbocycles. The van der Waals surface area contributed by atoms with Crippen molar-refractivity contribution in [1.82, 2.24) is 0 Å². The lowest BCUT2D eigenvalue weighted by molar-refractivity contribution is -0.129. The molecule has 0 aromatic rings. The zero-order chi connectivity index (χ0) is 8.15. The lowest BCUT2D eigenvalue weighted by Crippen LogP contribution is -2.27. The van der Waals surface area contributed by atoms with Crippen LogP contribution >= 0.6 is 0 Å². The van der Waals surface area contributed by atoms with Gasteiger partial charge < -0.3 is 4.74 Å².